The van der Waals surface area contributed by atoms with Crippen molar-refractivity contribution < 1.29 is 4.42 Å². The molecule has 1 saturated carbocycles. The van der Waals surface area contributed by atoms with E-state index < -0.39 is 0 Å². The zero-order chi connectivity index (χ0) is 26.5. The number of fused-ring (bicyclic) bond motifs is 2. The normalized spacial score (nSPS) is 15.4. The first-order chi connectivity index (χ1) is 19.1. The molecule has 194 valence electrons. The van der Waals surface area contributed by atoms with Gasteiger partial charge in [0.05, 0.1) is 29.4 Å². The predicted octanol–water partition coefficient (Wildman–Crippen LogP) is 7.13. The molecule has 0 bridgehead atoms. The van der Waals surface area contributed by atoms with Crippen molar-refractivity contribution in [2.45, 2.75) is 51.7 Å². The van der Waals surface area contributed by atoms with Crippen LogP contribution in [0.25, 0.3) is 22.1 Å². The largest absolute Gasteiger partial charge is 0.440 e. The van der Waals surface area contributed by atoms with E-state index in [0.29, 0.717) is 11.0 Å². The monoisotopic (exact) mass is 514 g/mol. The SMILES string of the molecule is Cc1cc(C(C)Nc2ccccc2-c2ccnnc2)c2oc(N3Cc4ccccc4C3)c(C3CC3)c(=O)c2c1. The molecule has 1 atom stereocenters. The first-order valence-corrected chi connectivity index (χ1v) is 13.6. The summed E-state index contributed by atoms with van der Waals surface area (Å²) in [6, 6.07) is 22.7. The van der Waals surface area contributed by atoms with Crippen LogP contribution < -0.4 is 15.6 Å². The molecule has 1 aliphatic carbocycles. The number of para-hydroxylation sites is 1. The van der Waals surface area contributed by atoms with Crippen LogP contribution in [0.3, 0.4) is 0 Å². The Morgan fingerprint density at radius 1 is 0.974 bits per heavy atom. The molecule has 3 heterocycles. The van der Waals surface area contributed by atoms with E-state index in [0.717, 1.165) is 65.3 Å². The van der Waals surface area contributed by atoms with Gasteiger partial charge in [0, 0.05) is 35.5 Å². The highest BCUT2D eigenvalue weighted by atomic mass is 16.4. The molecule has 1 fully saturated rings. The van der Waals surface area contributed by atoms with Gasteiger partial charge in [-0.15, -0.1) is 0 Å². The summed E-state index contributed by atoms with van der Waals surface area (Å²) in [7, 11) is 0. The van der Waals surface area contributed by atoms with Crippen LogP contribution in [0.2, 0.25) is 0 Å². The molecule has 0 amide bonds. The fourth-order valence-corrected chi connectivity index (χ4v) is 5.86. The van der Waals surface area contributed by atoms with Gasteiger partial charge in [-0.05, 0) is 67.5 Å². The van der Waals surface area contributed by atoms with Gasteiger partial charge in [0.1, 0.15) is 5.58 Å². The van der Waals surface area contributed by atoms with Crippen LogP contribution in [0.4, 0.5) is 11.6 Å². The number of anilines is 2. The van der Waals surface area contributed by atoms with Gasteiger partial charge < -0.3 is 14.6 Å². The highest BCUT2D eigenvalue weighted by molar-refractivity contribution is 5.85. The highest BCUT2D eigenvalue weighted by Crippen LogP contribution is 2.46. The smallest absolute Gasteiger partial charge is 0.204 e. The molecule has 2 aliphatic rings. The van der Waals surface area contributed by atoms with Crippen LogP contribution in [-0.2, 0) is 13.1 Å². The molecule has 1 N–H and O–H groups in total. The Balaban J connectivity index is 1.33. The van der Waals surface area contributed by atoms with Crippen molar-refractivity contribution in [1.82, 2.24) is 10.2 Å². The van der Waals surface area contributed by atoms with Crippen molar-refractivity contribution in [2.24, 2.45) is 0 Å². The van der Waals surface area contributed by atoms with E-state index in [9.17, 15) is 4.79 Å². The lowest BCUT2D eigenvalue weighted by Gasteiger charge is -2.23. The molecular formula is C33H30N4O2. The molecule has 0 radical (unpaired) electrons. The van der Waals surface area contributed by atoms with Gasteiger partial charge in [-0.1, -0.05) is 48.5 Å². The standard InChI is InChI=1S/C33H30N4O2/c1-20-15-27(21(2)36-29-10-6-5-9-26(29)23-13-14-34-35-17-23)32-28(16-20)31(38)30(22-11-12-22)33(39-32)37-18-24-7-3-4-8-25(24)19-37/h3-10,13-17,21-22,36H,11-12,18-19H2,1-2H3. The average Bonchev–Trinajstić information content (AvgIpc) is 3.70. The fraction of sp³-hybridized carbons (Fsp3) is 0.242. The van der Waals surface area contributed by atoms with Crippen molar-refractivity contribution in [1.29, 1.82) is 0 Å². The van der Waals surface area contributed by atoms with Crippen LogP contribution in [-0.4, -0.2) is 10.2 Å². The van der Waals surface area contributed by atoms with Gasteiger partial charge in [0.25, 0.3) is 0 Å². The first kappa shape index (κ1) is 23.7. The zero-order valence-corrected chi connectivity index (χ0v) is 22.1. The summed E-state index contributed by atoms with van der Waals surface area (Å²) in [4.78, 5) is 16.3. The molecule has 0 saturated heterocycles. The van der Waals surface area contributed by atoms with Crippen molar-refractivity contribution in [3.63, 3.8) is 0 Å². The quantitative estimate of drug-likeness (QED) is 0.260. The van der Waals surface area contributed by atoms with E-state index in [1.165, 1.54) is 11.1 Å². The van der Waals surface area contributed by atoms with Crippen LogP contribution in [0.1, 0.15) is 59.5 Å². The Labute approximate surface area is 227 Å². The number of nitrogens with one attached hydrogen (secondary N) is 1. The summed E-state index contributed by atoms with van der Waals surface area (Å²) in [6.45, 7) is 5.68. The van der Waals surface area contributed by atoms with Crippen molar-refractivity contribution in [3.8, 4) is 11.1 Å². The summed E-state index contributed by atoms with van der Waals surface area (Å²) < 4.78 is 6.82. The Bertz CT molecular complexity index is 1730. The number of benzene rings is 3. The molecule has 39 heavy (non-hydrogen) atoms. The third kappa shape index (κ3) is 4.26. The summed E-state index contributed by atoms with van der Waals surface area (Å²) >= 11 is 0. The number of hydrogen-bond acceptors (Lipinski definition) is 6. The molecule has 1 aliphatic heterocycles. The van der Waals surface area contributed by atoms with Crippen LogP contribution in [0, 0.1) is 6.92 Å². The van der Waals surface area contributed by atoms with Gasteiger partial charge in [-0.25, -0.2) is 0 Å². The molecule has 3 aromatic carbocycles. The van der Waals surface area contributed by atoms with Gasteiger partial charge in [-0.2, -0.15) is 10.2 Å². The number of nitrogens with zero attached hydrogens (tertiary/aromatic N) is 3. The highest BCUT2D eigenvalue weighted by Gasteiger charge is 2.35. The molecule has 6 heteroatoms. The first-order valence-electron chi connectivity index (χ1n) is 13.6. The molecule has 6 nitrogen and oxygen atoms in total. The maximum absolute atomic E-state index is 14.1. The average molecular weight is 515 g/mol. The second-order valence-corrected chi connectivity index (χ2v) is 10.8. The lowest BCUT2D eigenvalue weighted by molar-refractivity contribution is 0.561. The number of rotatable bonds is 6. The van der Waals surface area contributed by atoms with Crippen molar-refractivity contribution in [2.75, 3.05) is 10.2 Å². The van der Waals surface area contributed by atoms with E-state index in [4.69, 9.17) is 4.42 Å². The van der Waals surface area contributed by atoms with Gasteiger partial charge in [0.2, 0.25) is 5.88 Å². The third-order valence-corrected chi connectivity index (χ3v) is 7.95. The molecule has 1 unspecified atom stereocenters. The zero-order valence-electron chi connectivity index (χ0n) is 22.1. The van der Waals surface area contributed by atoms with Crippen LogP contribution in [0.5, 0.6) is 0 Å². The van der Waals surface area contributed by atoms with Crippen molar-refractivity contribution in [3.05, 3.63) is 117 Å². The maximum Gasteiger partial charge on any atom is 0.204 e. The van der Waals surface area contributed by atoms with E-state index >= 15 is 0 Å². The lowest BCUT2D eigenvalue weighted by Crippen LogP contribution is -2.22. The minimum Gasteiger partial charge on any atom is -0.440 e. The van der Waals surface area contributed by atoms with Crippen LogP contribution in [0.15, 0.2) is 88.3 Å². The second kappa shape index (κ2) is 9.38. The Morgan fingerprint density at radius 3 is 2.44 bits per heavy atom. The molecule has 5 aromatic rings. The fourth-order valence-electron chi connectivity index (χ4n) is 5.86. The molecule has 0 spiro atoms. The Hall–Kier alpha value is -4.45. The summed E-state index contributed by atoms with van der Waals surface area (Å²) in [5, 5.41) is 12.3. The van der Waals surface area contributed by atoms with Gasteiger partial charge in [-0.3, -0.25) is 4.79 Å². The minimum absolute atomic E-state index is 0.109. The Kier molecular flexibility index (Phi) is 5.69. The lowest BCUT2D eigenvalue weighted by atomic mass is 9.98. The molecule has 2 aromatic heterocycles. The van der Waals surface area contributed by atoms with Gasteiger partial charge >= 0.3 is 0 Å². The topological polar surface area (TPSA) is 71.3 Å². The summed E-state index contributed by atoms with van der Waals surface area (Å²) in [5.74, 6) is 1.02. The van der Waals surface area contributed by atoms with Gasteiger partial charge in [0.15, 0.2) is 5.43 Å². The maximum atomic E-state index is 14.1. The minimum atomic E-state index is -0.109. The number of hydrogen-bond donors (Lipinski definition) is 1. The number of aromatic nitrogens is 2. The van der Waals surface area contributed by atoms with E-state index in [-0.39, 0.29) is 17.4 Å². The second-order valence-electron chi connectivity index (χ2n) is 10.8. The number of aryl methyl sites for hydroxylation is 1. The summed E-state index contributed by atoms with van der Waals surface area (Å²) in [6.07, 6.45) is 5.56. The summed E-state index contributed by atoms with van der Waals surface area (Å²) in [5.41, 5.74) is 9.27. The van der Waals surface area contributed by atoms with E-state index in [1.54, 1.807) is 12.4 Å². The van der Waals surface area contributed by atoms with Crippen molar-refractivity contribution >= 4 is 22.5 Å². The Morgan fingerprint density at radius 2 is 1.72 bits per heavy atom. The molecular weight excluding hydrogens is 484 g/mol. The van der Waals surface area contributed by atoms with E-state index in [2.05, 4.69) is 69.8 Å². The molecule has 7 rings (SSSR count). The third-order valence-electron chi connectivity index (χ3n) is 7.95. The van der Waals surface area contributed by atoms with E-state index in [1.807, 2.05) is 31.2 Å². The predicted molar refractivity (Wildman–Crippen MR) is 155 cm³/mol. The van der Waals surface area contributed by atoms with Crippen LogP contribution >= 0.6 is 0 Å².